The average molecular weight is 274 g/mol. The number of benzene rings is 1. The number of hydrogen-bond acceptors (Lipinski definition) is 3. The van der Waals surface area contributed by atoms with Crippen molar-refractivity contribution in [2.75, 3.05) is 27.2 Å². The second-order valence-corrected chi connectivity index (χ2v) is 5.12. The van der Waals surface area contributed by atoms with Crippen molar-refractivity contribution in [1.29, 1.82) is 0 Å². The van der Waals surface area contributed by atoms with E-state index in [1.165, 1.54) is 0 Å². The second kappa shape index (κ2) is 6.57. The highest BCUT2D eigenvalue weighted by atomic mass is 16.5. The largest absolute Gasteiger partial charge is 0.496 e. The molecule has 1 saturated heterocycles. The van der Waals surface area contributed by atoms with Crippen LogP contribution in [-0.4, -0.2) is 44.1 Å². The van der Waals surface area contributed by atoms with Crippen LogP contribution in [0.3, 0.4) is 0 Å². The monoisotopic (exact) mass is 274 g/mol. The molecule has 108 valence electrons. The number of nitrogens with zero attached hydrogens (tertiary/aromatic N) is 1. The highest BCUT2D eigenvalue weighted by Gasteiger charge is 2.22. The molecular weight excluding hydrogens is 252 g/mol. The first kappa shape index (κ1) is 14.6. The van der Waals surface area contributed by atoms with E-state index in [2.05, 4.69) is 5.32 Å². The molecule has 4 heteroatoms. The van der Waals surface area contributed by atoms with E-state index in [0.29, 0.717) is 6.04 Å². The zero-order valence-corrected chi connectivity index (χ0v) is 12.3. The van der Waals surface area contributed by atoms with Crippen LogP contribution in [0.2, 0.25) is 0 Å². The standard InChI is InChI=1S/C16H22N2O2/c1-12(14-6-4-5-7-15(14)20-3)10-16(19)18(2)13-8-9-17-11-13/h4-7,10,13,17H,8-9,11H2,1-3H3. The number of methoxy groups -OCH3 is 1. The molecule has 0 spiro atoms. The summed E-state index contributed by atoms with van der Waals surface area (Å²) in [6.07, 6.45) is 2.71. The normalized spacial score (nSPS) is 18.9. The number of carbonyl (C=O) groups excluding carboxylic acids is 1. The van der Waals surface area contributed by atoms with E-state index < -0.39 is 0 Å². The fourth-order valence-electron chi connectivity index (χ4n) is 2.49. The quantitative estimate of drug-likeness (QED) is 0.853. The number of para-hydroxylation sites is 1. The maximum Gasteiger partial charge on any atom is 0.246 e. The first-order valence-corrected chi connectivity index (χ1v) is 6.92. The molecule has 0 saturated carbocycles. The lowest BCUT2D eigenvalue weighted by molar-refractivity contribution is -0.126. The zero-order chi connectivity index (χ0) is 14.5. The first-order chi connectivity index (χ1) is 9.63. The number of rotatable bonds is 4. The molecule has 0 aliphatic carbocycles. The maximum absolute atomic E-state index is 12.3. The highest BCUT2D eigenvalue weighted by Crippen LogP contribution is 2.25. The van der Waals surface area contributed by atoms with Crippen LogP contribution >= 0.6 is 0 Å². The Morgan fingerprint density at radius 3 is 2.85 bits per heavy atom. The Hall–Kier alpha value is -1.81. The van der Waals surface area contributed by atoms with Crippen LogP contribution in [0.5, 0.6) is 5.75 Å². The maximum atomic E-state index is 12.3. The van der Waals surface area contributed by atoms with Crippen molar-refractivity contribution in [3.8, 4) is 5.75 Å². The van der Waals surface area contributed by atoms with E-state index in [-0.39, 0.29) is 5.91 Å². The SMILES string of the molecule is COc1ccccc1C(C)=CC(=O)N(C)C1CCNC1. The average Bonchev–Trinajstić information content (AvgIpc) is 3.00. The Morgan fingerprint density at radius 2 is 2.20 bits per heavy atom. The number of nitrogens with one attached hydrogen (secondary N) is 1. The minimum atomic E-state index is 0.0436. The van der Waals surface area contributed by atoms with Crippen molar-refractivity contribution >= 4 is 11.5 Å². The molecule has 1 aromatic carbocycles. The van der Waals surface area contributed by atoms with Gasteiger partial charge < -0.3 is 15.0 Å². The number of hydrogen-bond donors (Lipinski definition) is 1. The summed E-state index contributed by atoms with van der Waals surface area (Å²) in [4.78, 5) is 14.1. The van der Waals surface area contributed by atoms with E-state index in [1.54, 1.807) is 13.2 Å². The summed E-state index contributed by atoms with van der Waals surface area (Å²) < 4.78 is 5.33. The van der Waals surface area contributed by atoms with Crippen molar-refractivity contribution in [2.24, 2.45) is 0 Å². The number of amides is 1. The molecule has 0 aromatic heterocycles. The van der Waals surface area contributed by atoms with Crippen LogP contribution in [0.15, 0.2) is 30.3 Å². The fourth-order valence-corrected chi connectivity index (χ4v) is 2.49. The van der Waals surface area contributed by atoms with Crippen molar-refractivity contribution in [1.82, 2.24) is 10.2 Å². The Bertz CT molecular complexity index is 505. The Morgan fingerprint density at radius 1 is 1.45 bits per heavy atom. The molecular formula is C16H22N2O2. The Kier molecular flexibility index (Phi) is 4.79. The fraction of sp³-hybridized carbons (Fsp3) is 0.438. The van der Waals surface area contributed by atoms with Gasteiger partial charge in [-0.1, -0.05) is 18.2 Å². The summed E-state index contributed by atoms with van der Waals surface area (Å²) >= 11 is 0. The van der Waals surface area contributed by atoms with Gasteiger partial charge in [0.15, 0.2) is 0 Å². The minimum absolute atomic E-state index is 0.0436. The smallest absolute Gasteiger partial charge is 0.246 e. The van der Waals surface area contributed by atoms with Gasteiger partial charge in [-0.25, -0.2) is 0 Å². The van der Waals surface area contributed by atoms with Gasteiger partial charge in [0, 0.05) is 31.3 Å². The third-order valence-corrected chi connectivity index (χ3v) is 3.80. The van der Waals surface area contributed by atoms with Gasteiger partial charge in [-0.2, -0.15) is 0 Å². The van der Waals surface area contributed by atoms with Crippen LogP contribution in [0.1, 0.15) is 18.9 Å². The van der Waals surface area contributed by atoms with E-state index in [1.807, 2.05) is 43.1 Å². The molecule has 1 N–H and O–H groups in total. The Labute approximate surface area is 120 Å². The van der Waals surface area contributed by atoms with Gasteiger partial charge in [0.2, 0.25) is 5.91 Å². The lowest BCUT2D eigenvalue weighted by atomic mass is 10.1. The number of allylic oxidation sites excluding steroid dienone is 1. The van der Waals surface area contributed by atoms with Crippen molar-refractivity contribution in [3.05, 3.63) is 35.9 Å². The molecule has 1 atom stereocenters. The number of likely N-dealkylation sites (N-methyl/N-ethyl adjacent to an activating group) is 1. The van der Waals surface area contributed by atoms with Gasteiger partial charge in [-0.05, 0) is 31.5 Å². The topological polar surface area (TPSA) is 41.6 Å². The van der Waals surface area contributed by atoms with E-state index in [9.17, 15) is 4.79 Å². The van der Waals surface area contributed by atoms with Crippen LogP contribution in [0.4, 0.5) is 0 Å². The summed E-state index contributed by atoms with van der Waals surface area (Å²) in [6.45, 7) is 3.80. The van der Waals surface area contributed by atoms with Gasteiger partial charge in [0.1, 0.15) is 5.75 Å². The summed E-state index contributed by atoms with van der Waals surface area (Å²) in [7, 11) is 3.51. The van der Waals surface area contributed by atoms with Crippen LogP contribution in [0, 0.1) is 0 Å². The lowest BCUT2D eigenvalue weighted by Crippen LogP contribution is -2.37. The van der Waals surface area contributed by atoms with Gasteiger partial charge >= 0.3 is 0 Å². The molecule has 0 radical (unpaired) electrons. The molecule has 0 bridgehead atoms. The molecule has 1 unspecified atom stereocenters. The van der Waals surface area contributed by atoms with E-state index in [0.717, 1.165) is 36.4 Å². The van der Waals surface area contributed by atoms with E-state index >= 15 is 0 Å². The highest BCUT2D eigenvalue weighted by molar-refractivity contribution is 5.95. The molecule has 1 amide bonds. The number of carbonyl (C=O) groups is 1. The predicted molar refractivity (Wildman–Crippen MR) is 80.7 cm³/mol. The number of ether oxygens (including phenoxy) is 1. The summed E-state index contributed by atoms with van der Waals surface area (Å²) in [6, 6.07) is 8.04. The van der Waals surface area contributed by atoms with Gasteiger partial charge in [0.05, 0.1) is 7.11 Å². The zero-order valence-electron chi connectivity index (χ0n) is 12.3. The Balaban J connectivity index is 2.14. The summed E-state index contributed by atoms with van der Waals surface area (Å²) in [5, 5.41) is 3.28. The first-order valence-electron chi connectivity index (χ1n) is 6.92. The second-order valence-electron chi connectivity index (χ2n) is 5.12. The van der Waals surface area contributed by atoms with Gasteiger partial charge in [-0.3, -0.25) is 4.79 Å². The van der Waals surface area contributed by atoms with Gasteiger partial charge in [-0.15, -0.1) is 0 Å². The molecule has 1 aliphatic heterocycles. The predicted octanol–water partition coefficient (Wildman–Crippen LogP) is 1.92. The molecule has 20 heavy (non-hydrogen) atoms. The van der Waals surface area contributed by atoms with E-state index in [4.69, 9.17) is 4.74 Å². The minimum Gasteiger partial charge on any atom is -0.496 e. The molecule has 1 aliphatic rings. The lowest BCUT2D eigenvalue weighted by Gasteiger charge is -2.22. The molecule has 2 rings (SSSR count). The van der Waals surface area contributed by atoms with Gasteiger partial charge in [0.25, 0.3) is 0 Å². The third kappa shape index (κ3) is 3.20. The molecule has 1 heterocycles. The van der Waals surface area contributed by atoms with Crippen molar-refractivity contribution in [2.45, 2.75) is 19.4 Å². The van der Waals surface area contributed by atoms with Crippen LogP contribution in [-0.2, 0) is 4.79 Å². The summed E-state index contributed by atoms with van der Waals surface area (Å²) in [5.74, 6) is 0.835. The molecule has 1 aromatic rings. The van der Waals surface area contributed by atoms with Crippen LogP contribution < -0.4 is 10.1 Å². The van der Waals surface area contributed by atoms with Crippen molar-refractivity contribution in [3.63, 3.8) is 0 Å². The molecule has 4 nitrogen and oxygen atoms in total. The van der Waals surface area contributed by atoms with Crippen LogP contribution in [0.25, 0.3) is 5.57 Å². The third-order valence-electron chi connectivity index (χ3n) is 3.80. The summed E-state index contributed by atoms with van der Waals surface area (Å²) in [5.41, 5.74) is 1.88. The van der Waals surface area contributed by atoms with Crippen molar-refractivity contribution < 1.29 is 9.53 Å². The molecule has 1 fully saturated rings.